The van der Waals surface area contributed by atoms with Crippen LogP contribution in [0.1, 0.15) is 58.8 Å². The van der Waals surface area contributed by atoms with E-state index in [0.717, 1.165) is 25.8 Å². The van der Waals surface area contributed by atoms with Crippen molar-refractivity contribution in [1.82, 2.24) is 5.32 Å². The van der Waals surface area contributed by atoms with Gasteiger partial charge < -0.3 is 15.5 Å². The van der Waals surface area contributed by atoms with E-state index in [2.05, 4.69) is 29.3 Å². The van der Waals surface area contributed by atoms with Crippen molar-refractivity contribution in [3.8, 4) is 11.8 Å². The molecule has 26 heavy (non-hydrogen) atoms. The summed E-state index contributed by atoms with van der Waals surface area (Å²) in [5, 5.41) is 24.0. The van der Waals surface area contributed by atoms with Gasteiger partial charge in [-0.3, -0.25) is 0 Å². The minimum atomic E-state index is -0.481. The maximum atomic E-state index is 10.5. The number of hydrogen-bond acceptors (Lipinski definition) is 3. The molecule has 3 heteroatoms. The number of nitrogens with one attached hydrogen (secondary N) is 1. The Hall–Kier alpha value is -1.08. The van der Waals surface area contributed by atoms with Crippen molar-refractivity contribution in [3.63, 3.8) is 0 Å². The fourth-order valence-electron chi connectivity index (χ4n) is 4.51. The van der Waals surface area contributed by atoms with Crippen molar-refractivity contribution in [2.75, 3.05) is 13.6 Å². The first-order chi connectivity index (χ1) is 12.6. The van der Waals surface area contributed by atoms with Crippen LogP contribution < -0.4 is 5.32 Å². The summed E-state index contributed by atoms with van der Waals surface area (Å²) >= 11 is 0. The topological polar surface area (TPSA) is 52.5 Å². The zero-order chi connectivity index (χ0) is 18.9. The monoisotopic (exact) mass is 359 g/mol. The molecule has 2 saturated carbocycles. The summed E-state index contributed by atoms with van der Waals surface area (Å²) in [5.74, 6) is 7.40. The fourth-order valence-corrected chi connectivity index (χ4v) is 4.51. The lowest BCUT2D eigenvalue weighted by Gasteiger charge is -2.19. The molecule has 0 aromatic heterocycles. The van der Waals surface area contributed by atoms with Gasteiger partial charge in [0.25, 0.3) is 0 Å². The highest BCUT2D eigenvalue weighted by atomic mass is 16.3. The maximum absolute atomic E-state index is 10.5. The third kappa shape index (κ3) is 5.98. The first kappa shape index (κ1) is 21.2. The van der Waals surface area contributed by atoms with Gasteiger partial charge in [-0.2, -0.15) is 0 Å². The van der Waals surface area contributed by atoms with E-state index < -0.39 is 6.10 Å². The Morgan fingerprint density at radius 2 is 2.12 bits per heavy atom. The van der Waals surface area contributed by atoms with Gasteiger partial charge in [0.1, 0.15) is 0 Å². The van der Waals surface area contributed by atoms with Crippen molar-refractivity contribution >= 4 is 0 Å². The smallest absolute Gasteiger partial charge is 0.0755 e. The van der Waals surface area contributed by atoms with Crippen LogP contribution in [0.2, 0.25) is 0 Å². The second kappa shape index (κ2) is 10.9. The average molecular weight is 360 g/mol. The van der Waals surface area contributed by atoms with Crippen molar-refractivity contribution in [1.29, 1.82) is 0 Å². The zero-order valence-corrected chi connectivity index (χ0v) is 16.7. The van der Waals surface area contributed by atoms with Gasteiger partial charge in [0.2, 0.25) is 0 Å². The molecule has 0 aliphatic heterocycles. The molecule has 2 aliphatic carbocycles. The van der Waals surface area contributed by atoms with Crippen LogP contribution in [0.15, 0.2) is 23.8 Å². The molecule has 0 spiro atoms. The second-order valence-corrected chi connectivity index (χ2v) is 8.16. The molecule has 0 radical (unpaired) electrons. The van der Waals surface area contributed by atoms with E-state index in [9.17, 15) is 10.2 Å². The predicted molar refractivity (Wildman–Crippen MR) is 109 cm³/mol. The van der Waals surface area contributed by atoms with Gasteiger partial charge in [-0.25, -0.2) is 0 Å². The van der Waals surface area contributed by atoms with E-state index in [1.165, 1.54) is 19.3 Å². The van der Waals surface area contributed by atoms with Gasteiger partial charge in [-0.15, -0.1) is 11.8 Å². The Kier molecular flexibility index (Phi) is 8.91. The summed E-state index contributed by atoms with van der Waals surface area (Å²) < 4.78 is 0. The normalized spacial score (nSPS) is 31.8. The lowest BCUT2D eigenvalue weighted by Crippen LogP contribution is -2.19. The molecule has 0 unspecified atom stereocenters. The van der Waals surface area contributed by atoms with Crippen molar-refractivity contribution < 1.29 is 10.2 Å². The van der Waals surface area contributed by atoms with Gasteiger partial charge in [-0.1, -0.05) is 30.7 Å². The third-order valence-electron chi connectivity index (χ3n) is 6.14. The fraction of sp³-hybridized carbons (Fsp3) is 0.739. The van der Waals surface area contributed by atoms with Gasteiger partial charge in [0.05, 0.1) is 12.2 Å². The number of unbranched alkanes of at least 4 members (excludes halogenated alkanes) is 2. The molecular formula is C23H37NO2. The van der Waals surface area contributed by atoms with Gasteiger partial charge in [0, 0.05) is 12.3 Å². The SMILES string of the molecule is CC#CC[C@@H](C)[C@H](O)/C=C/[C@@H]1[C@H]2C/C(=C/CCCCNC)C[C@H]2C[C@H]1O. The minimum Gasteiger partial charge on any atom is -0.392 e. The van der Waals surface area contributed by atoms with E-state index in [0.29, 0.717) is 18.3 Å². The molecule has 0 amide bonds. The summed E-state index contributed by atoms with van der Waals surface area (Å²) in [6.07, 6.45) is 13.2. The van der Waals surface area contributed by atoms with E-state index in [1.807, 2.05) is 27.0 Å². The van der Waals surface area contributed by atoms with Crippen molar-refractivity contribution in [2.45, 2.75) is 71.0 Å². The summed E-state index contributed by atoms with van der Waals surface area (Å²) in [4.78, 5) is 0. The van der Waals surface area contributed by atoms with Crippen LogP contribution in [-0.2, 0) is 0 Å². The third-order valence-corrected chi connectivity index (χ3v) is 6.14. The van der Waals surface area contributed by atoms with E-state index in [4.69, 9.17) is 0 Å². The van der Waals surface area contributed by atoms with Crippen LogP contribution in [0.5, 0.6) is 0 Å². The zero-order valence-electron chi connectivity index (χ0n) is 16.7. The Morgan fingerprint density at radius 3 is 2.85 bits per heavy atom. The highest BCUT2D eigenvalue weighted by molar-refractivity contribution is 5.18. The molecule has 2 rings (SSSR count). The molecular weight excluding hydrogens is 322 g/mol. The molecule has 3 nitrogen and oxygen atoms in total. The second-order valence-electron chi connectivity index (χ2n) is 8.16. The number of allylic oxidation sites excluding steroid dienone is 2. The average Bonchev–Trinajstić information content (AvgIpc) is 3.13. The van der Waals surface area contributed by atoms with Crippen LogP contribution in [0.4, 0.5) is 0 Å². The largest absolute Gasteiger partial charge is 0.392 e. The van der Waals surface area contributed by atoms with E-state index >= 15 is 0 Å². The maximum Gasteiger partial charge on any atom is 0.0755 e. The van der Waals surface area contributed by atoms with Crippen LogP contribution >= 0.6 is 0 Å². The van der Waals surface area contributed by atoms with Crippen LogP contribution in [0.25, 0.3) is 0 Å². The molecule has 0 bridgehead atoms. The summed E-state index contributed by atoms with van der Waals surface area (Å²) in [5.41, 5.74) is 1.59. The first-order valence-corrected chi connectivity index (χ1v) is 10.3. The van der Waals surface area contributed by atoms with Gasteiger partial charge in [-0.05, 0) is 76.8 Å². The lowest BCUT2D eigenvalue weighted by atomic mass is 9.89. The predicted octanol–water partition coefficient (Wildman–Crippen LogP) is 3.68. The Balaban J connectivity index is 1.87. The Bertz CT molecular complexity index is 542. The Labute approximate surface area is 160 Å². The summed E-state index contributed by atoms with van der Waals surface area (Å²) in [6, 6.07) is 0. The molecule has 2 aliphatic rings. The number of aliphatic hydroxyl groups is 2. The molecule has 0 aromatic carbocycles. The highest BCUT2D eigenvalue weighted by Gasteiger charge is 2.44. The van der Waals surface area contributed by atoms with Crippen molar-refractivity contribution in [3.05, 3.63) is 23.8 Å². The number of rotatable bonds is 9. The minimum absolute atomic E-state index is 0.129. The molecule has 0 heterocycles. The number of hydrogen-bond donors (Lipinski definition) is 3. The molecule has 6 atom stereocenters. The van der Waals surface area contributed by atoms with Gasteiger partial charge >= 0.3 is 0 Å². The first-order valence-electron chi connectivity index (χ1n) is 10.3. The number of fused-ring (bicyclic) bond motifs is 1. The lowest BCUT2D eigenvalue weighted by molar-refractivity contribution is 0.137. The number of aliphatic hydroxyl groups excluding tert-OH is 2. The standard InChI is InChI=1S/C23H37NO2/c1-4-5-9-17(2)22(25)12-11-20-21-15-18(10-7-6-8-13-24-3)14-19(21)16-23(20)26/h10-12,17,19-26H,6-9,13-16H2,1-3H3/b12-11+,18-10+/t17-,19+,20-,21+,22-,23-/m1/s1. The van der Waals surface area contributed by atoms with Crippen LogP contribution in [0.3, 0.4) is 0 Å². The Morgan fingerprint density at radius 1 is 1.31 bits per heavy atom. The summed E-state index contributed by atoms with van der Waals surface area (Å²) in [7, 11) is 2.00. The van der Waals surface area contributed by atoms with E-state index in [1.54, 1.807) is 5.57 Å². The van der Waals surface area contributed by atoms with Crippen LogP contribution in [-0.4, -0.2) is 36.0 Å². The molecule has 0 aromatic rings. The van der Waals surface area contributed by atoms with E-state index in [-0.39, 0.29) is 17.9 Å². The molecule has 3 N–H and O–H groups in total. The highest BCUT2D eigenvalue weighted by Crippen LogP contribution is 2.50. The molecule has 0 saturated heterocycles. The molecule has 2 fully saturated rings. The van der Waals surface area contributed by atoms with Crippen molar-refractivity contribution in [2.24, 2.45) is 23.7 Å². The van der Waals surface area contributed by atoms with Crippen LogP contribution in [0, 0.1) is 35.5 Å². The summed E-state index contributed by atoms with van der Waals surface area (Å²) in [6.45, 7) is 4.95. The molecule has 146 valence electrons. The quantitative estimate of drug-likeness (QED) is 0.334. The van der Waals surface area contributed by atoms with Gasteiger partial charge in [0.15, 0.2) is 0 Å².